The van der Waals surface area contributed by atoms with Crippen molar-refractivity contribution in [3.8, 4) is 0 Å². The standard InChI is InChI=1S/C17H19N5OS/c1-21-13-7-3-2-6-12(13)15-16(21)18-17(20-19-15)24-11-8-14(23)22-9-4-5-10-22/h2-3,6-7H,4-5,8-11H2,1H3. The monoisotopic (exact) mass is 341 g/mol. The molecule has 0 atom stereocenters. The maximum Gasteiger partial charge on any atom is 0.223 e. The van der Waals surface area contributed by atoms with E-state index in [1.54, 1.807) is 0 Å². The largest absolute Gasteiger partial charge is 0.343 e. The fraction of sp³-hybridized carbons (Fsp3) is 0.412. The van der Waals surface area contributed by atoms with Crippen LogP contribution in [0.3, 0.4) is 0 Å². The number of aromatic nitrogens is 4. The number of amides is 1. The maximum absolute atomic E-state index is 12.1. The Morgan fingerprint density at radius 2 is 2.00 bits per heavy atom. The summed E-state index contributed by atoms with van der Waals surface area (Å²) < 4.78 is 2.04. The summed E-state index contributed by atoms with van der Waals surface area (Å²) in [5.74, 6) is 0.922. The number of likely N-dealkylation sites (tertiary alicyclic amines) is 1. The number of nitrogens with zero attached hydrogens (tertiary/aromatic N) is 5. The van der Waals surface area contributed by atoms with Gasteiger partial charge in [-0.3, -0.25) is 4.79 Å². The van der Waals surface area contributed by atoms with Crippen molar-refractivity contribution in [1.29, 1.82) is 0 Å². The first kappa shape index (κ1) is 15.4. The average Bonchev–Trinajstić information content (AvgIpc) is 3.23. The molecule has 0 saturated carbocycles. The highest BCUT2D eigenvalue weighted by Crippen LogP contribution is 2.26. The number of rotatable bonds is 4. The van der Waals surface area contributed by atoms with Crippen LogP contribution in [0.2, 0.25) is 0 Å². The minimum atomic E-state index is 0.235. The van der Waals surface area contributed by atoms with Crippen molar-refractivity contribution in [2.75, 3.05) is 18.8 Å². The lowest BCUT2D eigenvalue weighted by Gasteiger charge is -2.14. The number of hydrogen-bond acceptors (Lipinski definition) is 5. The van der Waals surface area contributed by atoms with Crippen LogP contribution in [0.25, 0.3) is 22.1 Å². The van der Waals surface area contributed by atoms with Crippen molar-refractivity contribution in [3.05, 3.63) is 24.3 Å². The molecule has 1 fully saturated rings. The molecule has 2 aromatic heterocycles. The quantitative estimate of drug-likeness (QED) is 0.683. The van der Waals surface area contributed by atoms with E-state index in [0.29, 0.717) is 17.3 Å². The van der Waals surface area contributed by atoms with E-state index >= 15 is 0 Å². The van der Waals surface area contributed by atoms with Gasteiger partial charge in [-0.1, -0.05) is 30.0 Å². The molecule has 1 saturated heterocycles. The molecule has 3 aromatic rings. The van der Waals surface area contributed by atoms with Gasteiger partial charge in [0.25, 0.3) is 0 Å². The zero-order valence-electron chi connectivity index (χ0n) is 13.6. The highest BCUT2D eigenvalue weighted by atomic mass is 32.2. The van der Waals surface area contributed by atoms with Crippen LogP contribution in [0.5, 0.6) is 0 Å². The summed E-state index contributed by atoms with van der Waals surface area (Å²) in [6.45, 7) is 1.81. The minimum Gasteiger partial charge on any atom is -0.343 e. The summed E-state index contributed by atoms with van der Waals surface area (Å²) >= 11 is 1.50. The Morgan fingerprint density at radius 1 is 1.21 bits per heavy atom. The van der Waals surface area contributed by atoms with E-state index in [1.165, 1.54) is 11.8 Å². The highest BCUT2D eigenvalue weighted by Gasteiger charge is 2.18. The molecule has 0 unspecified atom stereocenters. The normalized spacial score (nSPS) is 14.8. The molecule has 1 amide bonds. The van der Waals surface area contributed by atoms with E-state index < -0.39 is 0 Å². The molecule has 3 heterocycles. The number of hydrogen-bond donors (Lipinski definition) is 0. The average molecular weight is 341 g/mol. The van der Waals surface area contributed by atoms with Gasteiger partial charge in [0.05, 0.1) is 5.52 Å². The van der Waals surface area contributed by atoms with Gasteiger partial charge in [0.15, 0.2) is 5.65 Å². The van der Waals surface area contributed by atoms with Crippen molar-refractivity contribution in [2.24, 2.45) is 7.05 Å². The summed E-state index contributed by atoms with van der Waals surface area (Å²) in [5, 5.41) is 10.3. The maximum atomic E-state index is 12.1. The van der Waals surface area contributed by atoms with Gasteiger partial charge < -0.3 is 9.47 Å². The van der Waals surface area contributed by atoms with E-state index in [0.717, 1.165) is 48.0 Å². The Morgan fingerprint density at radius 3 is 2.83 bits per heavy atom. The summed E-state index contributed by atoms with van der Waals surface area (Å²) in [5.41, 5.74) is 2.76. The third-order valence-corrected chi connectivity index (χ3v) is 5.33. The van der Waals surface area contributed by atoms with E-state index in [2.05, 4.69) is 21.2 Å². The van der Waals surface area contributed by atoms with Crippen LogP contribution < -0.4 is 0 Å². The highest BCUT2D eigenvalue weighted by molar-refractivity contribution is 7.99. The number of carbonyl (C=O) groups excluding carboxylic acids is 1. The van der Waals surface area contributed by atoms with Crippen molar-refractivity contribution >= 4 is 39.7 Å². The van der Waals surface area contributed by atoms with E-state index in [1.807, 2.05) is 34.7 Å². The second-order valence-electron chi connectivity index (χ2n) is 6.03. The van der Waals surface area contributed by atoms with Gasteiger partial charge in [0.1, 0.15) is 5.52 Å². The van der Waals surface area contributed by atoms with Crippen molar-refractivity contribution in [3.63, 3.8) is 0 Å². The molecule has 0 spiro atoms. The van der Waals surface area contributed by atoms with Crippen LogP contribution in [-0.4, -0.2) is 49.4 Å². The summed E-state index contributed by atoms with van der Waals surface area (Å²) in [6, 6.07) is 8.10. The third-order valence-electron chi connectivity index (χ3n) is 4.49. The number of carbonyl (C=O) groups is 1. The van der Waals surface area contributed by atoms with Crippen LogP contribution in [0.1, 0.15) is 19.3 Å². The molecule has 1 aromatic carbocycles. The zero-order valence-corrected chi connectivity index (χ0v) is 14.4. The molecule has 124 valence electrons. The summed E-state index contributed by atoms with van der Waals surface area (Å²) in [6.07, 6.45) is 2.79. The van der Waals surface area contributed by atoms with Crippen LogP contribution >= 0.6 is 11.8 Å². The number of aryl methyl sites for hydroxylation is 1. The van der Waals surface area contributed by atoms with Crippen molar-refractivity contribution < 1.29 is 4.79 Å². The number of fused-ring (bicyclic) bond motifs is 3. The predicted molar refractivity (Wildman–Crippen MR) is 95.0 cm³/mol. The zero-order chi connectivity index (χ0) is 16.5. The Bertz CT molecular complexity index is 901. The number of benzene rings is 1. The van der Waals surface area contributed by atoms with Crippen molar-refractivity contribution in [2.45, 2.75) is 24.4 Å². The molecular weight excluding hydrogens is 322 g/mol. The van der Waals surface area contributed by atoms with Gasteiger partial charge in [-0.05, 0) is 18.9 Å². The minimum absolute atomic E-state index is 0.235. The lowest BCUT2D eigenvalue weighted by molar-refractivity contribution is -0.129. The summed E-state index contributed by atoms with van der Waals surface area (Å²) in [7, 11) is 1.99. The van der Waals surface area contributed by atoms with Gasteiger partial charge in [-0.25, -0.2) is 4.98 Å². The summed E-state index contributed by atoms with van der Waals surface area (Å²) in [4.78, 5) is 18.7. The lowest BCUT2D eigenvalue weighted by Crippen LogP contribution is -2.27. The molecular formula is C17H19N5OS. The molecule has 0 bridgehead atoms. The van der Waals surface area contributed by atoms with E-state index in [4.69, 9.17) is 0 Å². The van der Waals surface area contributed by atoms with Crippen LogP contribution in [0, 0.1) is 0 Å². The second-order valence-corrected chi connectivity index (χ2v) is 7.09. The molecule has 0 radical (unpaired) electrons. The van der Waals surface area contributed by atoms with Gasteiger partial charge in [0, 0.05) is 37.7 Å². The van der Waals surface area contributed by atoms with Crippen LogP contribution in [-0.2, 0) is 11.8 Å². The van der Waals surface area contributed by atoms with Gasteiger partial charge >= 0.3 is 0 Å². The second kappa shape index (κ2) is 6.39. The predicted octanol–water partition coefficient (Wildman–Crippen LogP) is 2.62. The SMILES string of the molecule is Cn1c2ccccc2c2nnc(SCCC(=O)N3CCCC3)nc21. The molecule has 6 nitrogen and oxygen atoms in total. The van der Waals surface area contributed by atoms with Crippen molar-refractivity contribution in [1.82, 2.24) is 24.6 Å². The third kappa shape index (κ3) is 2.73. The first-order valence-corrected chi connectivity index (χ1v) is 9.21. The van der Waals surface area contributed by atoms with Crippen LogP contribution in [0.4, 0.5) is 0 Å². The molecule has 24 heavy (non-hydrogen) atoms. The van der Waals surface area contributed by atoms with Gasteiger partial charge in [-0.15, -0.1) is 10.2 Å². The van der Waals surface area contributed by atoms with E-state index in [9.17, 15) is 4.79 Å². The fourth-order valence-electron chi connectivity index (χ4n) is 3.21. The smallest absolute Gasteiger partial charge is 0.223 e. The Labute approximate surface area is 144 Å². The fourth-order valence-corrected chi connectivity index (χ4v) is 3.92. The van der Waals surface area contributed by atoms with E-state index in [-0.39, 0.29) is 5.91 Å². The van der Waals surface area contributed by atoms with Crippen LogP contribution in [0.15, 0.2) is 29.4 Å². The first-order chi connectivity index (χ1) is 11.7. The number of para-hydroxylation sites is 1. The Balaban J connectivity index is 1.50. The molecule has 0 N–H and O–H groups in total. The lowest BCUT2D eigenvalue weighted by atomic mass is 10.2. The number of thioether (sulfide) groups is 1. The molecule has 1 aliphatic heterocycles. The van der Waals surface area contributed by atoms with Gasteiger partial charge in [0.2, 0.25) is 11.1 Å². The molecule has 0 aliphatic carbocycles. The van der Waals surface area contributed by atoms with Gasteiger partial charge in [-0.2, -0.15) is 0 Å². The topological polar surface area (TPSA) is 63.9 Å². The molecule has 7 heteroatoms. The Hall–Kier alpha value is -2.15. The molecule has 4 rings (SSSR count). The Kier molecular flexibility index (Phi) is 4.10. The first-order valence-electron chi connectivity index (χ1n) is 8.22. The molecule has 1 aliphatic rings.